The van der Waals surface area contributed by atoms with Gasteiger partial charge in [0.15, 0.2) is 17.9 Å². The van der Waals surface area contributed by atoms with E-state index >= 15 is 0 Å². The molecule has 0 aliphatic carbocycles. The van der Waals surface area contributed by atoms with Crippen molar-refractivity contribution in [2.75, 3.05) is 19.5 Å². The summed E-state index contributed by atoms with van der Waals surface area (Å²) < 4.78 is 15.7. The Morgan fingerprint density at radius 1 is 1.12 bits per heavy atom. The van der Waals surface area contributed by atoms with E-state index < -0.39 is 5.91 Å². The average Bonchev–Trinajstić information content (AvgIpc) is 3.36. The fraction of sp³-hybridized carbons (Fsp3) is 0.217. The lowest BCUT2D eigenvalue weighted by Gasteiger charge is -2.25. The Labute approximate surface area is 184 Å². The molecule has 2 heterocycles. The third-order valence-electron chi connectivity index (χ3n) is 5.06. The smallest absolute Gasteiger partial charge is 0.293 e. The van der Waals surface area contributed by atoms with Crippen LogP contribution < -0.4 is 14.8 Å². The summed E-state index contributed by atoms with van der Waals surface area (Å²) in [5.74, 6) is 0.802. The van der Waals surface area contributed by atoms with Gasteiger partial charge in [-0.1, -0.05) is 18.2 Å². The highest BCUT2D eigenvalue weighted by Gasteiger charge is 2.23. The molecule has 0 spiro atoms. The summed E-state index contributed by atoms with van der Waals surface area (Å²) in [6, 6.07) is 12.8. The quantitative estimate of drug-likeness (QED) is 0.610. The van der Waals surface area contributed by atoms with Crippen LogP contribution in [0.1, 0.15) is 34.5 Å². The van der Waals surface area contributed by atoms with Crippen LogP contribution in [0.3, 0.4) is 0 Å². The van der Waals surface area contributed by atoms with Gasteiger partial charge in [0.2, 0.25) is 11.7 Å². The van der Waals surface area contributed by atoms with Gasteiger partial charge in [-0.3, -0.25) is 9.59 Å². The van der Waals surface area contributed by atoms with Crippen molar-refractivity contribution in [2.24, 2.45) is 5.10 Å². The number of anilines is 1. The van der Waals surface area contributed by atoms with E-state index in [9.17, 15) is 9.59 Å². The number of amides is 2. The van der Waals surface area contributed by atoms with Gasteiger partial charge in [0.1, 0.15) is 0 Å². The van der Waals surface area contributed by atoms with Crippen molar-refractivity contribution in [3.63, 3.8) is 0 Å². The molecular formula is C23H22N4O5. The maximum atomic E-state index is 12.6. The monoisotopic (exact) mass is 434 g/mol. The average molecular weight is 434 g/mol. The zero-order valence-corrected chi connectivity index (χ0v) is 17.7. The zero-order valence-electron chi connectivity index (χ0n) is 17.7. The maximum Gasteiger partial charge on any atom is 0.293 e. The molecule has 0 unspecified atom stereocenters. The van der Waals surface area contributed by atoms with Gasteiger partial charge in [-0.05, 0) is 29.8 Å². The van der Waals surface area contributed by atoms with E-state index in [4.69, 9.17) is 13.9 Å². The highest BCUT2D eigenvalue weighted by atomic mass is 16.5. The first-order valence-electron chi connectivity index (χ1n) is 9.97. The lowest BCUT2D eigenvalue weighted by molar-refractivity contribution is -0.132. The molecule has 0 saturated carbocycles. The molecule has 0 saturated heterocycles. The number of carbonyl (C=O) groups is 2. The number of hydrogen-bond donors (Lipinski definition) is 1. The first kappa shape index (κ1) is 21.1. The molecule has 1 N–H and O–H groups in total. The molecule has 0 bridgehead atoms. The number of carbonyl (C=O) groups excluding carboxylic acids is 2. The minimum Gasteiger partial charge on any atom is -0.493 e. The molecule has 164 valence electrons. The molecule has 2 aromatic carbocycles. The fourth-order valence-electron chi connectivity index (χ4n) is 3.40. The number of hydrogen-bond acceptors (Lipinski definition) is 7. The molecule has 0 atom stereocenters. The first-order valence-corrected chi connectivity index (χ1v) is 9.97. The summed E-state index contributed by atoms with van der Waals surface area (Å²) in [6.45, 7) is 0.211. The van der Waals surface area contributed by atoms with Crippen LogP contribution in [0.25, 0.3) is 0 Å². The molecule has 1 aliphatic rings. The second kappa shape index (κ2) is 9.34. The minimum absolute atomic E-state index is 0.0920. The Bertz CT molecular complexity index is 1160. The molecule has 9 nitrogen and oxygen atoms in total. The Morgan fingerprint density at radius 3 is 2.69 bits per heavy atom. The highest BCUT2D eigenvalue weighted by Crippen LogP contribution is 2.29. The number of nitrogens with one attached hydrogen (secondary N) is 1. The van der Waals surface area contributed by atoms with Crippen molar-refractivity contribution in [1.82, 2.24) is 9.99 Å². The number of methoxy groups -OCH3 is 2. The van der Waals surface area contributed by atoms with Crippen LogP contribution in [0.5, 0.6) is 11.5 Å². The number of rotatable bonds is 7. The van der Waals surface area contributed by atoms with Gasteiger partial charge in [0, 0.05) is 24.1 Å². The van der Waals surface area contributed by atoms with Crippen LogP contribution in [-0.2, 0) is 11.3 Å². The van der Waals surface area contributed by atoms with Gasteiger partial charge in [-0.2, -0.15) is 5.10 Å². The van der Waals surface area contributed by atoms with Gasteiger partial charge in [-0.25, -0.2) is 9.99 Å². The van der Waals surface area contributed by atoms with Crippen molar-refractivity contribution in [3.8, 4) is 11.5 Å². The molecule has 0 radical (unpaired) electrons. The fourth-order valence-corrected chi connectivity index (χ4v) is 3.40. The van der Waals surface area contributed by atoms with Crippen LogP contribution in [0.2, 0.25) is 0 Å². The number of nitrogens with zero attached hydrogens (tertiary/aromatic N) is 3. The molecule has 1 aliphatic heterocycles. The Kier molecular flexibility index (Phi) is 6.16. The van der Waals surface area contributed by atoms with Gasteiger partial charge < -0.3 is 19.2 Å². The molecular weight excluding hydrogens is 412 g/mol. The summed E-state index contributed by atoms with van der Waals surface area (Å²) >= 11 is 0. The van der Waals surface area contributed by atoms with Crippen LogP contribution in [0.15, 0.2) is 64.6 Å². The normalized spacial score (nSPS) is 13.5. The van der Waals surface area contributed by atoms with Gasteiger partial charge in [0.05, 0.1) is 32.7 Å². The van der Waals surface area contributed by atoms with E-state index in [1.54, 1.807) is 26.4 Å². The van der Waals surface area contributed by atoms with E-state index in [2.05, 4.69) is 15.4 Å². The molecule has 1 aromatic heterocycles. The predicted octanol–water partition coefficient (Wildman–Crippen LogP) is 3.47. The van der Waals surface area contributed by atoms with Crippen LogP contribution >= 0.6 is 0 Å². The van der Waals surface area contributed by atoms with E-state index in [0.717, 1.165) is 16.8 Å². The van der Waals surface area contributed by atoms with Gasteiger partial charge in [0.25, 0.3) is 5.91 Å². The summed E-state index contributed by atoms with van der Waals surface area (Å²) in [6.07, 6.45) is 3.39. The number of para-hydroxylation sites is 1. The summed E-state index contributed by atoms with van der Waals surface area (Å²) in [7, 11) is 3.15. The van der Waals surface area contributed by atoms with Crippen LogP contribution in [-0.4, -0.2) is 41.7 Å². The summed E-state index contributed by atoms with van der Waals surface area (Å²) in [5.41, 5.74) is 2.93. The number of benzene rings is 2. The Balaban J connectivity index is 1.58. The molecule has 3 aromatic rings. The second-order valence-corrected chi connectivity index (χ2v) is 7.04. The first-order chi connectivity index (χ1) is 15.6. The van der Waals surface area contributed by atoms with Crippen molar-refractivity contribution < 1.29 is 23.5 Å². The van der Waals surface area contributed by atoms with Gasteiger partial charge in [-0.15, -0.1) is 0 Å². The largest absolute Gasteiger partial charge is 0.493 e. The molecule has 0 fully saturated rings. The van der Waals surface area contributed by atoms with E-state index in [1.807, 2.05) is 30.3 Å². The maximum absolute atomic E-state index is 12.6. The third kappa shape index (κ3) is 4.46. The third-order valence-corrected chi connectivity index (χ3v) is 5.06. The van der Waals surface area contributed by atoms with Crippen LogP contribution in [0, 0.1) is 0 Å². The Hall–Kier alpha value is -4.14. The molecule has 9 heteroatoms. The number of aromatic nitrogens is 1. The standard InChI is InChI=1S/C23H22N4O5/c1-30-19-9-7-15(11-20(19)31-2)18-8-10-22(28)27(26-18)13-16-5-3-4-6-17(16)25-23(29)21-12-24-14-32-21/h3-7,9,11-12,14H,8,10,13H2,1-2H3,(H,25,29). The van der Waals surface area contributed by atoms with Crippen molar-refractivity contribution in [2.45, 2.75) is 19.4 Å². The molecule has 32 heavy (non-hydrogen) atoms. The molecule has 4 rings (SSSR count). The van der Waals surface area contributed by atoms with Crippen molar-refractivity contribution >= 4 is 23.2 Å². The zero-order chi connectivity index (χ0) is 22.5. The number of ether oxygens (including phenoxy) is 2. The summed E-state index contributed by atoms with van der Waals surface area (Å²) in [5, 5.41) is 8.82. The lowest BCUT2D eigenvalue weighted by Crippen LogP contribution is -2.32. The number of hydrazone groups is 1. The molecule has 2 amide bonds. The second-order valence-electron chi connectivity index (χ2n) is 7.04. The minimum atomic E-state index is -0.422. The van der Waals surface area contributed by atoms with Crippen molar-refractivity contribution in [1.29, 1.82) is 0 Å². The topological polar surface area (TPSA) is 106 Å². The predicted molar refractivity (Wildman–Crippen MR) is 117 cm³/mol. The summed E-state index contributed by atoms with van der Waals surface area (Å²) in [4.78, 5) is 28.7. The Morgan fingerprint density at radius 2 is 1.94 bits per heavy atom. The number of oxazole rings is 1. The lowest BCUT2D eigenvalue weighted by atomic mass is 10.0. The van der Waals surface area contributed by atoms with Crippen molar-refractivity contribution in [3.05, 3.63) is 71.9 Å². The van der Waals surface area contributed by atoms with E-state index in [1.165, 1.54) is 17.6 Å². The highest BCUT2D eigenvalue weighted by molar-refractivity contribution is 6.05. The van der Waals surface area contributed by atoms with Crippen LogP contribution in [0.4, 0.5) is 5.69 Å². The SMILES string of the molecule is COc1ccc(C2=NN(Cc3ccccc3NC(=O)c3cnco3)C(=O)CC2)cc1OC. The van der Waals surface area contributed by atoms with E-state index in [0.29, 0.717) is 30.0 Å². The van der Waals surface area contributed by atoms with E-state index in [-0.39, 0.29) is 18.2 Å². The van der Waals surface area contributed by atoms with Gasteiger partial charge >= 0.3 is 0 Å².